The van der Waals surface area contributed by atoms with Crippen LogP contribution in [0.15, 0.2) is 67.0 Å². The van der Waals surface area contributed by atoms with Crippen LogP contribution in [0.4, 0.5) is 24.8 Å². The first-order valence-corrected chi connectivity index (χ1v) is 12.2. The molecule has 3 aromatic rings. The number of rotatable bonds is 11. The number of carbonyl (C=O) groups excluding carboxylic acids is 1. The van der Waals surface area contributed by atoms with Gasteiger partial charge in [-0.3, -0.25) is 4.79 Å². The Morgan fingerprint density at radius 3 is 2.24 bits per heavy atom. The molecule has 0 fully saturated rings. The molecule has 1 atom stereocenters. The van der Waals surface area contributed by atoms with Crippen LogP contribution in [-0.2, 0) is 4.79 Å². The lowest BCUT2D eigenvalue weighted by Crippen LogP contribution is -2.40. The first kappa shape index (κ1) is 28.9. The minimum Gasteiger partial charge on any atom is -0.480 e. The molecule has 0 spiro atoms. The molecular formula is C26H23Cl2F3N4O3. The summed E-state index contributed by atoms with van der Waals surface area (Å²) in [7, 11) is 0. The molecule has 0 bridgehead atoms. The summed E-state index contributed by atoms with van der Waals surface area (Å²) in [5.74, 6) is -1.67. The summed E-state index contributed by atoms with van der Waals surface area (Å²) in [5.41, 5.74) is 1.30. The van der Waals surface area contributed by atoms with Gasteiger partial charge in [0.05, 0.1) is 15.6 Å². The van der Waals surface area contributed by atoms with Gasteiger partial charge in [0.25, 0.3) is 5.91 Å². The van der Waals surface area contributed by atoms with E-state index in [2.05, 4.69) is 15.3 Å². The van der Waals surface area contributed by atoms with Gasteiger partial charge in [0.1, 0.15) is 6.04 Å². The highest BCUT2D eigenvalue weighted by Crippen LogP contribution is 2.27. The number of carboxylic acids is 1. The number of nitrogens with zero attached hydrogens (tertiary/aromatic N) is 3. The zero-order chi connectivity index (χ0) is 27.7. The van der Waals surface area contributed by atoms with Crippen molar-refractivity contribution in [3.05, 3.63) is 88.2 Å². The highest BCUT2D eigenvalue weighted by Gasteiger charge is 2.27. The molecule has 2 N–H and O–H groups in total. The maximum absolute atomic E-state index is 12.7. The number of hydrogen-bond donors (Lipinski definition) is 2. The fourth-order valence-corrected chi connectivity index (χ4v) is 4.05. The number of hydrogen-bond acceptors (Lipinski definition) is 5. The van der Waals surface area contributed by atoms with E-state index in [1.54, 1.807) is 53.5 Å². The maximum Gasteiger partial charge on any atom is 0.389 e. The highest BCUT2D eigenvalue weighted by atomic mass is 35.5. The average molecular weight is 567 g/mol. The van der Waals surface area contributed by atoms with Gasteiger partial charge in [-0.25, -0.2) is 14.8 Å². The predicted molar refractivity (Wildman–Crippen MR) is 140 cm³/mol. The number of alkyl halides is 3. The Hall–Kier alpha value is -3.63. The van der Waals surface area contributed by atoms with E-state index in [9.17, 15) is 27.9 Å². The Bertz CT molecular complexity index is 1250. The van der Waals surface area contributed by atoms with Crippen LogP contribution in [0.5, 0.6) is 0 Å². The molecular weight excluding hydrogens is 544 g/mol. The van der Waals surface area contributed by atoms with Gasteiger partial charge in [-0.15, -0.1) is 0 Å². The van der Waals surface area contributed by atoms with Crippen LogP contribution in [0.25, 0.3) is 6.08 Å². The summed E-state index contributed by atoms with van der Waals surface area (Å²) in [6.07, 6.45) is 0.926. The highest BCUT2D eigenvalue weighted by molar-refractivity contribution is 6.39. The first-order chi connectivity index (χ1) is 18.0. The van der Waals surface area contributed by atoms with Crippen molar-refractivity contribution in [2.24, 2.45) is 0 Å². The second kappa shape index (κ2) is 13.3. The van der Waals surface area contributed by atoms with Crippen LogP contribution in [0.2, 0.25) is 10.0 Å². The number of anilines is 2. The van der Waals surface area contributed by atoms with Crippen molar-refractivity contribution in [2.45, 2.75) is 31.5 Å². The van der Waals surface area contributed by atoms with Crippen molar-refractivity contribution in [2.75, 3.05) is 11.4 Å². The molecule has 3 rings (SSSR count). The van der Waals surface area contributed by atoms with Crippen molar-refractivity contribution in [1.82, 2.24) is 15.3 Å². The van der Waals surface area contributed by atoms with Crippen molar-refractivity contribution in [3.8, 4) is 0 Å². The molecule has 1 aromatic heterocycles. The Labute approximate surface area is 226 Å². The quantitative estimate of drug-likeness (QED) is 0.273. The minimum absolute atomic E-state index is 0.0103. The predicted octanol–water partition coefficient (Wildman–Crippen LogP) is 6.55. The van der Waals surface area contributed by atoms with Gasteiger partial charge in [-0.1, -0.05) is 53.6 Å². The number of carboxylic acid groups (broad SMARTS) is 1. The van der Waals surface area contributed by atoms with Gasteiger partial charge in [0.2, 0.25) is 5.95 Å². The van der Waals surface area contributed by atoms with Crippen molar-refractivity contribution < 1.29 is 27.9 Å². The lowest BCUT2D eigenvalue weighted by Gasteiger charge is -2.23. The third-order valence-electron chi connectivity index (χ3n) is 5.32. The van der Waals surface area contributed by atoms with Gasteiger partial charge in [0.15, 0.2) is 0 Å². The molecule has 0 saturated heterocycles. The van der Waals surface area contributed by atoms with Gasteiger partial charge >= 0.3 is 12.1 Å². The topological polar surface area (TPSA) is 95.4 Å². The largest absolute Gasteiger partial charge is 0.480 e. The number of carbonyl (C=O) groups is 2. The summed E-state index contributed by atoms with van der Waals surface area (Å²) in [4.78, 5) is 34.1. The maximum atomic E-state index is 12.7. The van der Waals surface area contributed by atoms with Crippen LogP contribution < -0.4 is 10.2 Å². The van der Waals surface area contributed by atoms with E-state index in [0.29, 0.717) is 11.3 Å². The molecule has 200 valence electrons. The molecule has 1 unspecified atom stereocenters. The molecule has 0 radical (unpaired) electrons. The van der Waals surface area contributed by atoms with Crippen molar-refractivity contribution >= 4 is 52.8 Å². The SMILES string of the molecule is O=C(NC(C/C=C/c1ccc(N(CCCC(F)(F)F)c2ncccn2)cc1)C(=O)O)c1c(Cl)cccc1Cl. The Balaban J connectivity index is 1.67. The van der Waals surface area contributed by atoms with E-state index < -0.39 is 30.5 Å². The van der Waals surface area contributed by atoms with Gasteiger partial charge in [-0.05, 0) is 48.7 Å². The van der Waals surface area contributed by atoms with Gasteiger partial charge < -0.3 is 15.3 Å². The fraction of sp³-hybridized carbons (Fsp3) is 0.231. The number of nitrogens with one attached hydrogen (secondary N) is 1. The summed E-state index contributed by atoms with van der Waals surface area (Å²) >= 11 is 12.1. The second-order valence-corrected chi connectivity index (χ2v) is 8.92. The van der Waals surface area contributed by atoms with Crippen LogP contribution >= 0.6 is 23.2 Å². The third kappa shape index (κ3) is 8.46. The normalized spacial score (nSPS) is 12.3. The number of amides is 1. The van der Waals surface area contributed by atoms with E-state index in [4.69, 9.17) is 23.2 Å². The number of halogens is 5. The Kier molecular flexibility index (Phi) is 10.1. The molecule has 2 aromatic carbocycles. The Morgan fingerprint density at radius 1 is 1.03 bits per heavy atom. The average Bonchev–Trinajstić information content (AvgIpc) is 2.86. The molecule has 1 amide bonds. The summed E-state index contributed by atoms with van der Waals surface area (Å²) in [6, 6.07) is 11.8. The fourth-order valence-electron chi connectivity index (χ4n) is 3.49. The van der Waals surface area contributed by atoms with E-state index in [-0.39, 0.29) is 40.9 Å². The second-order valence-electron chi connectivity index (χ2n) is 8.11. The smallest absolute Gasteiger partial charge is 0.389 e. The molecule has 1 heterocycles. The molecule has 12 heteroatoms. The van der Waals surface area contributed by atoms with E-state index in [1.165, 1.54) is 24.5 Å². The van der Waals surface area contributed by atoms with Crippen molar-refractivity contribution in [3.63, 3.8) is 0 Å². The summed E-state index contributed by atoms with van der Waals surface area (Å²) < 4.78 is 38.0. The van der Waals surface area contributed by atoms with Crippen LogP contribution in [0.1, 0.15) is 35.2 Å². The summed E-state index contributed by atoms with van der Waals surface area (Å²) in [6.45, 7) is 0.0636. The summed E-state index contributed by atoms with van der Waals surface area (Å²) in [5, 5.41) is 12.1. The van der Waals surface area contributed by atoms with Crippen LogP contribution in [0.3, 0.4) is 0 Å². The monoisotopic (exact) mass is 566 g/mol. The number of aromatic nitrogens is 2. The molecule has 0 aliphatic heterocycles. The third-order valence-corrected chi connectivity index (χ3v) is 5.95. The molecule has 7 nitrogen and oxygen atoms in total. The van der Waals surface area contributed by atoms with E-state index in [1.807, 2.05) is 0 Å². The molecule has 0 aliphatic rings. The molecule has 0 saturated carbocycles. The standard InChI is InChI=1S/C26H23Cl2F3N4O3/c27-19-6-2-7-20(28)22(19)23(36)34-21(24(37)38)8-1-5-17-9-11-18(12-10-17)35(16-3-13-26(29,30)31)25-32-14-4-15-33-25/h1-2,4-7,9-12,14-15,21H,3,8,13,16H2,(H,34,36)(H,37,38)/b5-1+. The first-order valence-electron chi connectivity index (χ1n) is 11.4. The van der Waals surface area contributed by atoms with Gasteiger partial charge in [-0.2, -0.15) is 13.2 Å². The minimum atomic E-state index is -4.26. The van der Waals surface area contributed by atoms with Crippen LogP contribution in [0, 0.1) is 0 Å². The lowest BCUT2D eigenvalue weighted by atomic mass is 10.1. The Morgan fingerprint density at radius 2 is 1.66 bits per heavy atom. The lowest BCUT2D eigenvalue weighted by molar-refractivity contribution is -0.139. The van der Waals surface area contributed by atoms with E-state index >= 15 is 0 Å². The van der Waals surface area contributed by atoms with E-state index in [0.717, 1.165) is 0 Å². The number of benzene rings is 2. The zero-order valence-corrected chi connectivity index (χ0v) is 21.3. The van der Waals surface area contributed by atoms with Crippen molar-refractivity contribution in [1.29, 1.82) is 0 Å². The molecule has 38 heavy (non-hydrogen) atoms. The van der Waals surface area contributed by atoms with Crippen LogP contribution in [-0.4, -0.2) is 45.7 Å². The molecule has 0 aliphatic carbocycles. The number of aliphatic carboxylic acids is 1. The zero-order valence-electron chi connectivity index (χ0n) is 19.8. The van der Waals surface area contributed by atoms with Gasteiger partial charge in [0, 0.05) is 31.0 Å².